The van der Waals surface area contributed by atoms with E-state index in [2.05, 4.69) is 21.2 Å². The number of hydrogen-bond acceptors (Lipinski definition) is 4. The van der Waals surface area contributed by atoms with Gasteiger partial charge in [-0.1, -0.05) is 46.3 Å². The minimum absolute atomic E-state index is 0.00792. The van der Waals surface area contributed by atoms with Crippen LogP contribution < -0.4 is 5.32 Å². The average molecular weight is 398 g/mol. The molecule has 2 rings (SSSR count). The summed E-state index contributed by atoms with van der Waals surface area (Å²) in [4.78, 5) is 11.8. The summed E-state index contributed by atoms with van der Waals surface area (Å²) in [6, 6.07) is 15.6. The smallest absolute Gasteiger partial charge is 0.407 e. The van der Waals surface area contributed by atoms with Crippen LogP contribution in [0.15, 0.2) is 64.0 Å². The molecular weight excluding hydrogens is 382 g/mol. The van der Waals surface area contributed by atoms with Crippen molar-refractivity contribution < 1.29 is 17.9 Å². The zero-order valence-corrected chi connectivity index (χ0v) is 14.6. The van der Waals surface area contributed by atoms with Crippen molar-refractivity contribution in [2.45, 2.75) is 11.5 Å². The molecule has 23 heavy (non-hydrogen) atoms. The average Bonchev–Trinajstić information content (AvgIpc) is 2.54. The van der Waals surface area contributed by atoms with E-state index in [1.54, 1.807) is 12.1 Å². The first-order chi connectivity index (χ1) is 11.0. The van der Waals surface area contributed by atoms with Crippen LogP contribution in [0, 0.1) is 0 Å². The van der Waals surface area contributed by atoms with Gasteiger partial charge in [0.2, 0.25) is 0 Å². The summed E-state index contributed by atoms with van der Waals surface area (Å²) in [5, 5.41) is 2.44. The molecule has 0 aliphatic heterocycles. The second kappa shape index (κ2) is 8.12. The number of benzene rings is 2. The lowest BCUT2D eigenvalue weighted by molar-refractivity contribution is 0.140. The minimum atomic E-state index is -3.43. The fourth-order valence-corrected chi connectivity index (χ4v) is 3.24. The molecule has 0 bridgehead atoms. The molecule has 0 unspecified atom stereocenters. The molecular formula is C16H16BrNO4S. The number of ether oxygens (including phenoxy) is 1. The second-order valence-electron chi connectivity index (χ2n) is 4.76. The van der Waals surface area contributed by atoms with Gasteiger partial charge in [-0.3, -0.25) is 0 Å². The molecule has 0 fully saturated rings. The maximum absolute atomic E-state index is 12.1. The number of carbonyl (C=O) groups is 1. The first kappa shape index (κ1) is 17.5. The standard InChI is InChI=1S/C16H16BrNO4S/c17-14-6-8-15(9-7-14)23(20,21)11-10-18-16(19)22-12-13-4-2-1-3-5-13/h1-9H,10-12H2,(H,18,19). The maximum Gasteiger partial charge on any atom is 0.407 e. The molecule has 122 valence electrons. The predicted octanol–water partition coefficient (Wildman–Crippen LogP) is 3.15. The number of nitrogens with one attached hydrogen (secondary N) is 1. The topological polar surface area (TPSA) is 72.5 Å². The molecule has 1 N–H and O–H groups in total. The molecule has 7 heteroatoms. The Hall–Kier alpha value is -1.86. The summed E-state index contributed by atoms with van der Waals surface area (Å²) in [5.74, 6) is -0.185. The van der Waals surface area contributed by atoms with Crippen molar-refractivity contribution in [1.82, 2.24) is 5.32 Å². The monoisotopic (exact) mass is 397 g/mol. The third-order valence-electron chi connectivity index (χ3n) is 3.03. The molecule has 0 atom stereocenters. The number of carbonyl (C=O) groups excluding carboxylic acids is 1. The molecule has 0 heterocycles. The summed E-state index contributed by atoms with van der Waals surface area (Å²) in [6.45, 7) is 0.137. The van der Waals surface area contributed by atoms with Crippen LogP contribution in [-0.4, -0.2) is 26.8 Å². The molecule has 0 aliphatic rings. The van der Waals surface area contributed by atoms with Crippen LogP contribution in [0.2, 0.25) is 0 Å². The van der Waals surface area contributed by atoms with Crippen LogP contribution in [0.25, 0.3) is 0 Å². The van der Waals surface area contributed by atoms with Gasteiger partial charge in [-0.15, -0.1) is 0 Å². The lowest BCUT2D eigenvalue weighted by atomic mass is 10.2. The number of sulfone groups is 1. The number of rotatable bonds is 6. The molecule has 0 saturated heterocycles. The van der Waals surface area contributed by atoms with Crippen molar-refractivity contribution in [3.63, 3.8) is 0 Å². The largest absolute Gasteiger partial charge is 0.445 e. The highest BCUT2D eigenvalue weighted by Gasteiger charge is 2.14. The number of hydrogen-bond donors (Lipinski definition) is 1. The van der Waals surface area contributed by atoms with Crippen molar-refractivity contribution in [3.8, 4) is 0 Å². The van der Waals surface area contributed by atoms with Crippen LogP contribution in [0.1, 0.15) is 5.56 Å². The normalized spacial score (nSPS) is 11.0. The zero-order valence-electron chi connectivity index (χ0n) is 12.2. The van der Waals surface area contributed by atoms with E-state index in [9.17, 15) is 13.2 Å². The predicted molar refractivity (Wildman–Crippen MR) is 90.8 cm³/mol. The molecule has 1 amide bonds. The van der Waals surface area contributed by atoms with Gasteiger partial charge in [0.25, 0.3) is 0 Å². The Kier molecular flexibility index (Phi) is 6.18. The van der Waals surface area contributed by atoms with Crippen molar-refractivity contribution in [1.29, 1.82) is 0 Å². The van der Waals surface area contributed by atoms with Gasteiger partial charge in [-0.25, -0.2) is 13.2 Å². The Morgan fingerprint density at radius 2 is 1.70 bits per heavy atom. The Labute approximate surface area is 143 Å². The first-order valence-corrected chi connectivity index (χ1v) is 9.35. The molecule has 0 aliphatic carbocycles. The lowest BCUT2D eigenvalue weighted by Gasteiger charge is -2.08. The Morgan fingerprint density at radius 3 is 2.35 bits per heavy atom. The number of halogens is 1. The molecule has 5 nitrogen and oxygen atoms in total. The van der Waals surface area contributed by atoms with Crippen molar-refractivity contribution in [2.24, 2.45) is 0 Å². The third-order valence-corrected chi connectivity index (χ3v) is 5.29. The van der Waals surface area contributed by atoms with Crippen molar-refractivity contribution >= 4 is 31.9 Å². The minimum Gasteiger partial charge on any atom is -0.445 e. The van der Waals surface area contributed by atoms with E-state index in [4.69, 9.17) is 4.74 Å². The van der Waals surface area contributed by atoms with E-state index < -0.39 is 15.9 Å². The second-order valence-corrected chi connectivity index (χ2v) is 7.79. The van der Waals surface area contributed by atoms with Gasteiger partial charge in [0.15, 0.2) is 9.84 Å². The third kappa shape index (κ3) is 5.69. The quantitative estimate of drug-likeness (QED) is 0.812. The van der Waals surface area contributed by atoms with Gasteiger partial charge in [-0.05, 0) is 29.8 Å². The van der Waals surface area contributed by atoms with E-state index in [1.165, 1.54) is 12.1 Å². The van der Waals surface area contributed by atoms with Crippen molar-refractivity contribution in [2.75, 3.05) is 12.3 Å². The molecule has 0 spiro atoms. The van der Waals surface area contributed by atoms with E-state index in [0.29, 0.717) is 0 Å². The summed E-state index contributed by atoms with van der Waals surface area (Å²) in [6.07, 6.45) is -0.639. The number of alkyl carbamates (subject to hydrolysis) is 1. The highest BCUT2D eigenvalue weighted by atomic mass is 79.9. The maximum atomic E-state index is 12.1. The summed E-state index contributed by atoms with van der Waals surface area (Å²) >= 11 is 3.25. The molecule has 0 saturated carbocycles. The molecule has 2 aromatic rings. The summed E-state index contributed by atoms with van der Waals surface area (Å²) in [5.41, 5.74) is 0.866. The van der Waals surface area contributed by atoms with E-state index in [0.717, 1.165) is 10.0 Å². The van der Waals surface area contributed by atoms with Gasteiger partial charge in [0.05, 0.1) is 10.6 Å². The van der Waals surface area contributed by atoms with Crippen LogP contribution in [-0.2, 0) is 21.2 Å². The highest BCUT2D eigenvalue weighted by Crippen LogP contribution is 2.15. The fourth-order valence-electron chi connectivity index (χ4n) is 1.82. The van der Waals surface area contributed by atoms with Crippen LogP contribution in [0.3, 0.4) is 0 Å². The SMILES string of the molecule is O=C(NCCS(=O)(=O)c1ccc(Br)cc1)OCc1ccccc1. The fraction of sp³-hybridized carbons (Fsp3) is 0.188. The summed E-state index contributed by atoms with van der Waals surface area (Å²) < 4.78 is 30.0. The Balaban J connectivity index is 1.77. The zero-order chi connectivity index (χ0) is 16.7. The molecule has 0 aromatic heterocycles. The first-order valence-electron chi connectivity index (χ1n) is 6.90. The Morgan fingerprint density at radius 1 is 1.04 bits per heavy atom. The van der Waals surface area contributed by atoms with Gasteiger partial charge >= 0.3 is 6.09 Å². The molecule has 0 radical (unpaired) electrons. The van der Waals surface area contributed by atoms with Crippen molar-refractivity contribution in [3.05, 3.63) is 64.6 Å². The number of amides is 1. The lowest BCUT2D eigenvalue weighted by Crippen LogP contribution is -2.29. The van der Waals surface area contributed by atoms with Crippen LogP contribution >= 0.6 is 15.9 Å². The van der Waals surface area contributed by atoms with Crippen LogP contribution in [0.4, 0.5) is 4.79 Å². The van der Waals surface area contributed by atoms with E-state index in [1.807, 2.05) is 30.3 Å². The van der Waals surface area contributed by atoms with Gasteiger partial charge in [-0.2, -0.15) is 0 Å². The molecule has 2 aromatic carbocycles. The highest BCUT2D eigenvalue weighted by molar-refractivity contribution is 9.10. The Bertz CT molecular complexity index is 745. The van der Waals surface area contributed by atoms with Gasteiger partial charge in [0.1, 0.15) is 6.61 Å². The van der Waals surface area contributed by atoms with Gasteiger partial charge in [0, 0.05) is 11.0 Å². The summed E-state index contributed by atoms with van der Waals surface area (Å²) in [7, 11) is -3.43. The van der Waals surface area contributed by atoms with Gasteiger partial charge < -0.3 is 10.1 Å². The van der Waals surface area contributed by atoms with E-state index in [-0.39, 0.29) is 23.8 Å². The van der Waals surface area contributed by atoms with Crippen LogP contribution in [0.5, 0.6) is 0 Å². The van der Waals surface area contributed by atoms with E-state index >= 15 is 0 Å².